The van der Waals surface area contributed by atoms with E-state index in [0.717, 1.165) is 22.4 Å². The van der Waals surface area contributed by atoms with Crippen molar-refractivity contribution in [3.63, 3.8) is 0 Å². The quantitative estimate of drug-likeness (QED) is 0.401. The topological polar surface area (TPSA) is 104 Å². The summed E-state index contributed by atoms with van der Waals surface area (Å²) in [6, 6.07) is 7.27. The highest BCUT2D eigenvalue weighted by molar-refractivity contribution is 7.99. The second-order valence-corrected chi connectivity index (χ2v) is 8.65. The van der Waals surface area contributed by atoms with E-state index in [0.29, 0.717) is 34.6 Å². The fourth-order valence-corrected chi connectivity index (χ4v) is 4.75. The molecule has 3 aromatic rings. The zero-order valence-corrected chi connectivity index (χ0v) is 19.0. The van der Waals surface area contributed by atoms with Gasteiger partial charge in [-0.2, -0.15) is 0 Å². The number of amides is 1. The van der Waals surface area contributed by atoms with Gasteiger partial charge in [0.15, 0.2) is 21.8 Å². The fourth-order valence-electron chi connectivity index (χ4n) is 3.04. The number of hydrogen-bond acceptors (Lipinski definition) is 9. The van der Waals surface area contributed by atoms with Crippen molar-refractivity contribution in [3.8, 4) is 11.5 Å². The van der Waals surface area contributed by atoms with Crippen molar-refractivity contribution < 1.29 is 14.3 Å². The van der Waals surface area contributed by atoms with E-state index < -0.39 is 0 Å². The largest absolute Gasteiger partial charge is 0.454 e. The van der Waals surface area contributed by atoms with E-state index in [1.165, 1.54) is 23.5 Å². The highest BCUT2D eigenvalue weighted by atomic mass is 32.2. The molecule has 0 radical (unpaired) electrons. The third kappa shape index (κ3) is 5.28. The summed E-state index contributed by atoms with van der Waals surface area (Å²) in [5.41, 5.74) is 2.55. The number of carbonyl (C=O) groups excluding carboxylic acids is 1. The Morgan fingerprint density at radius 1 is 1.10 bits per heavy atom. The Morgan fingerprint density at radius 2 is 1.87 bits per heavy atom. The molecule has 9 nitrogen and oxygen atoms in total. The number of hydrogen-bond donors (Lipinski definition) is 1. The minimum Gasteiger partial charge on any atom is -0.454 e. The summed E-state index contributed by atoms with van der Waals surface area (Å²) in [5.74, 6) is 2.84. The molecule has 0 saturated heterocycles. The van der Waals surface area contributed by atoms with Crippen LogP contribution in [0.3, 0.4) is 0 Å². The number of aryl methyl sites for hydroxylation is 2. The number of nitrogens with zero attached hydrogens (tertiary/aromatic N) is 5. The van der Waals surface area contributed by atoms with E-state index in [1.54, 1.807) is 18.2 Å². The van der Waals surface area contributed by atoms with E-state index in [1.807, 2.05) is 31.4 Å². The Kier molecular flexibility index (Phi) is 6.62. The highest BCUT2D eigenvalue weighted by Gasteiger charge is 2.16. The number of fused-ring (bicyclic) bond motifs is 1. The molecule has 0 fully saturated rings. The lowest BCUT2D eigenvalue weighted by atomic mass is 10.3. The molecular formula is C20H22N6O3S2. The zero-order valence-electron chi connectivity index (χ0n) is 17.4. The molecular weight excluding hydrogens is 436 g/mol. The molecule has 4 rings (SSSR count). The molecule has 162 valence electrons. The summed E-state index contributed by atoms with van der Waals surface area (Å²) >= 11 is 2.88. The second-order valence-electron chi connectivity index (χ2n) is 6.77. The minimum absolute atomic E-state index is 0.130. The van der Waals surface area contributed by atoms with E-state index in [4.69, 9.17) is 9.47 Å². The van der Waals surface area contributed by atoms with Crippen molar-refractivity contribution in [3.05, 3.63) is 41.5 Å². The van der Waals surface area contributed by atoms with Crippen LogP contribution in [0, 0.1) is 13.8 Å². The maximum Gasteiger partial charge on any atom is 0.234 e. The van der Waals surface area contributed by atoms with E-state index >= 15 is 0 Å². The number of nitrogens with one attached hydrogen (secondary N) is 1. The molecule has 1 N–H and O–H groups in total. The minimum atomic E-state index is -0.130. The van der Waals surface area contributed by atoms with Crippen molar-refractivity contribution in [2.24, 2.45) is 0 Å². The molecule has 1 aromatic carbocycles. The van der Waals surface area contributed by atoms with Crippen LogP contribution in [0.15, 0.2) is 34.6 Å². The molecule has 11 heteroatoms. The standard InChI is InChI=1S/C20H22N6O3S2/c1-4-26-17(9-30-19-21-12(2)7-13(3)22-19)24-25-20(26)31-10-18(27)23-14-5-6-15-16(8-14)29-11-28-15/h5-8H,4,9-11H2,1-3H3,(H,23,27). The van der Waals surface area contributed by atoms with E-state index in [2.05, 4.69) is 25.5 Å². The molecule has 0 bridgehead atoms. The smallest absolute Gasteiger partial charge is 0.234 e. The summed E-state index contributed by atoms with van der Waals surface area (Å²) in [4.78, 5) is 21.3. The predicted molar refractivity (Wildman–Crippen MR) is 119 cm³/mol. The molecule has 1 aliphatic heterocycles. The Hall–Kier alpha value is -2.79. The summed E-state index contributed by atoms with van der Waals surface area (Å²) in [6.45, 7) is 6.85. The molecule has 1 aliphatic rings. The van der Waals surface area contributed by atoms with Crippen molar-refractivity contribution in [1.82, 2.24) is 24.7 Å². The fraction of sp³-hybridized carbons (Fsp3) is 0.350. The molecule has 31 heavy (non-hydrogen) atoms. The third-order valence-electron chi connectivity index (χ3n) is 4.39. The highest BCUT2D eigenvalue weighted by Crippen LogP contribution is 2.34. The average molecular weight is 459 g/mol. The van der Waals surface area contributed by atoms with Gasteiger partial charge >= 0.3 is 0 Å². The summed E-state index contributed by atoms with van der Waals surface area (Å²) < 4.78 is 12.6. The first-order valence-electron chi connectivity index (χ1n) is 9.71. The van der Waals surface area contributed by atoms with Gasteiger partial charge in [0.2, 0.25) is 12.7 Å². The van der Waals surface area contributed by atoms with Crippen LogP contribution in [0.25, 0.3) is 0 Å². The molecule has 0 spiro atoms. The van der Waals surface area contributed by atoms with Crippen LogP contribution in [0.1, 0.15) is 24.1 Å². The van der Waals surface area contributed by atoms with Crippen LogP contribution in [-0.2, 0) is 17.1 Å². The van der Waals surface area contributed by atoms with Crippen LogP contribution in [0.4, 0.5) is 5.69 Å². The number of ether oxygens (including phenoxy) is 2. The summed E-state index contributed by atoms with van der Waals surface area (Å²) in [5, 5.41) is 12.9. The van der Waals surface area contributed by atoms with Gasteiger partial charge < -0.3 is 19.4 Å². The average Bonchev–Trinajstić information content (AvgIpc) is 3.36. The number of benzene rings is 1. The van der Waals surface area contributed by atoms with Crippen molar-refractivity contribution in [1.29, 1.82) is 0 Å². The monoisotopic (exact) mass is 458 g/mol. The summed E-state index contributed by atoms with van der Waals surface area (Å²) in [7, 11) is 0. The first-order valence-corrected chi connectivity index (χ1v) is 11.7. The van der Waals surface area contributed by atoms with Crippen LogP contribution in [0.2, 0.25) is 0 Å². The Balaban J connectivity index is 1.34. The van der Waals surface area contributed by atoms with Gasteiger partial charge in [-0.3, -0.25) is 4.79 Å². The first-order chi connectivity index (χ1) is 15.0. The molecule has 0 aliphatic carbocycles. The van der Waals surface area contributed by atoms with Crippen LogP contribution in [0.5, 0.6) is 11.5 Å². The second kappa shape index (κ2) is 9.56. The van der Waals surface area contributed by atoms with Crippen molar-refractivity contribution in [2.45, 2.75) is 43.4 Å². The number of carbonyl (C=O) groups is 1. The van der Waals surface area contributed by atoms with Gasteiger partial charge in [-0.05, 0) is 39.0 Å². The SMILES string of the molecule is CCn1c(CSc2nc(C)cc(C)n2)nnc1SCC(=O)Nc1ccc2c(c1)OCO2. The van der Waals surface area contributed by atoms with Gasteiger partial charge in [0.1, 0.15) is 5.82 Å². The van der Waals surface area contributed by atoms with E-state index in [9.17, 15) is 4.79 Å². The number of anilines is 1. The normalized spacial score (nSPS) is 12.2. The Morgan fingerprint density at radius 3 is 2.65 bits per heavy atom. The molecule has 0 atom stereocenters. The molecule has 0 unspecified atom stereocenters. The molecule has 0 saturated carbocycles. The molecule has 3 heterocycles. The maximum absolute atomic E-state index is 12.4. The lowest BCUT2D eigenvalue weighted by molar-refractivity contribution is -0.113. The van der Waals surface area contributed by atoms with Gasteiger partial charge in [0.25, 0.3) is 0 Å². The Bertz CT molecular complexity index is 1080. The van der Waals surface area contributed by atoms with Crippen LogP contribution >= 0.6 is 23.5 Å². The van der Waals surface area contributed by atoms with Gasteiger partial charge in [-0.1, -0.05) is 23.5 Å². The van der Waals surface area contributed by atoms with Crippen LogP contribution < -0.4 is 14.8 Å². The van der Waals surface area contributed by atoms with Gasteiger partial charge in [-0.15, -0.1) is 10.2 Å². The van der Waals surface area contributed by atoms with Gasteiger partial charge in [0, 0.05) is 29.7 Å². The predicted octanol–water partition coefficient (Wildman–Crippen LogP) is 3.46. The zero-order chi connectivity index (χ0) is 21.8. The summed E-state index contributed by atoms with van der Waals surface area (Å²) in [6.07, 6.45) is 0. The Labute approximate surface area is 188 Å². The lowest BCUT2D eigenvalue weighted by Crippen LogP contribution is -2.14. The van der Waals surface area contributed by atoms with E-state index in [-0.39, 0.29) is 18.5 Å². The third-order valence-corrected chi connectivity index (χ3v) is 6.20. The van der Waals surface area contributed by atoms with Gasteiger partial charge in [0.05, 0.1) is 11.5 Å². The van der Waals surface area contributed by atoms with Gasteiger partial charge in [-0.25, -0.2) is 9.97 Å². The number of rotatable bonds is 8. The number of aromatic nitrogens is 5. The van der Waals surface area contributed by atoms with Crippen molar-refractivity contribution >= 4 is 35.1 Å². The maximum atomic E-state index is 12.4. The molecule has 2 aromatic heterocycles. The van der Waals surface area contributed by atoms with Crippen LogP contribution in [-0.4, -0.2) is 43.2 Å². The molecule has 1 amide bonds. The first kappa shape index (κ1) is 21.4. The lowest BCUT2D eigenvalue weighted by Gasteiger charge is -2.08. The van der Waals surface area contributed by atoms with Crippen molar-refractivity contribution in [2.75, 3.05) is 17.9 Å². The number of thioether (sulfide) groups is 2.